The number of hydrogen-bond acceptors (Lipinski definition) is 1. The van der Waals surface area contributed by atoms with Gasteiger partial charge in [-0.05, 0) is 6.42 Å². The molecule has 0 unspecified atom stereocenters. The first-order valence-electron chi connectivity index (χ1n) is 1.32. The fourth-order valence-electron chi connectivity index (χ4n) is 0. The Morgan fingerprint density at radius 3 is 1.40 bits per heavy atom. The third-order valence-electron chi connectivity index (χ3n) is 0. The second-order valence-electron chi connectivity index (χ2n) is 0.577. The minimum absolute atomic E-state index is 2.00. The van der Waals surface area contributed by atoms with Gasteiger partial charge in [-0.15, -0.1) is 0 Å². The first-order valence-corrected chi connectivity index (χ1v) is 1.66. The molecule has 0 aliphatic heterocycles. The van der Waals surface area contributed by atoms with Gasteiger partial charge in [-0.3, -0.25) is 4.66 Å². The van der Waals surface area contributed by atoms with Crippen molar-refractivity contribution in [3.63, 3.8) is 0 Å². The maximum Gasteiger partial charge on any atom is 0.0579 e. The summed E-state index contributed by atoms with van der Waals surface area (Å²) < 4.78 is 6.47. The third kappa shape index (κ3) is 344. The largest absolute Gasteiger partial charge is 0.295 e. The van der Waals surface area contributed by atoms with Gasteiger partial charge in [-0.2, -0.15) is 0 Å². The van der Waals surface area contributed by atoms with Crippen molar-refractivity contribution in [3.05, 3.63) is 6.42 Å². The van der Waals surface area contributed by atoms with Crippen molar-refractivity contribution in [1.82, 2.24) is 0 Å². The van der Waals surface area contributed by atoms with Gasteiger partial charge in [0.25, 0.3) is 0 Å². The van der Waals surface area contributed by atoms with Crippen LogP contribution in [0.2, 0.25) is 0 Å². The van der Waals surface area contributed by atoms with Crippen LogP contribution in [0.3, 0.4) is 0 Å². The average molecular weight is 95.5 g/mol. The zero-order valence-corrected chi connectivity index (χ0v) is 4.16. The number of halogens is 1. The quantitative estimate of drug-likeness (QED) is 0.482. The molecule has 0 saturated heterocycles. The van der Waals surface area contributed by atoms with Crippen LogP contribution in [0.25, 0.3) is 0 Å². The van der Waals surface area contributed by atoms with Crippen molar-refractivity contribution >= 4 is 11.9 Å². The molecule has 0 spiro atoms. The number of hydrogen-bond donors (Lipinski definition) is 1. The maximum atomic E-state index is 6.47. The van der Waals surface area contributed by atoms with E-state index in [1.165, 1.54) is 0 Å². The molecular formula is C3H8ClO. The Labute approximate surface area is 37.7 Å². The highest BCUT2D eigenvalue weighted by Gasteiger charge is 1.36. The summed E-state index contributed by atoms with van der Waals surface area (Å²) in [5, 5.41) is 0. The van der Waals surface area contributed by atoms with Crippen LogP contribution in [0.5, 0.6) is 0 Å². The topological polar surface area (TPSA) is 20.2 Å². The minimum atomic E-state index is 2.00. The lowest BCUT2D eigenvalue weighted by atomic mass is 10.6. The van der Waals surface area contributed by atoms with Gasteiger partial charge in [0.2, 0.25) is 0 Å². The van der Waals surface area contributed by atoms with Crippen LogP contribution in [0, 0.1) is 6.42 Å². The molecule has 0 aromatic heterocycles. The third-order valence-corrected chi connectivity index (χ3v) is 0. The molecule has 0 aliphatic rings. The fraction of sp³-hybridized carbons (Fsp3) is 0.667. The van der Waals surface area contributed by atoms with Crippen LogP contribution in [0.15, 0.2) is 0 Å². The summed E-state index contributed by atoms with van der Waals surface area (Å²) in [5.74, 6) is 0. The summed E-state index contributed by atoms with van der Waals surface area (Å²) in [6.07, 6.45) is 2.00. The fourth-order valence-corrected chi connectivity index (χ4v) is 0. The molecule has 0 bridgehead atoms. The average Bonchev–Trinajstić information content (AvgIpc) is 1.46. The predicted molar refractivity (Wildman–Crippen MR) is 23.7 cm³/mol. The minimum Gasteiger partial charge on any atom is -0.295 e. The van der Waals surface area contributed by atoms with E-state index in [1.807, 2.05) is 20.3 Å². The van der Waals surface area contributed by atoms with Crippen molar-refractivity contribution in [3.8, 4) is 0 Å². The molecule has 0 fully saturated rings. The molecule has 1 radical (unpaired) electrons. The monoisotopic (exact) mass is 95.0 g/mol. The van der Waals surface area contributed by atoms with Gasteiger partial charge in [-0.25, -0.2) is 0 Å². The summed E-state index contributed by atoms with van der Waals surface area (Å²) in [7, 11) is 0. The molecule has 5 heavy (non-hydrogen) atoms. The molecule has 0 saturated carbocycles. The highest BCUT2D eigenvalue weighted by atomic mass is 35.5. The Kier molecular flexibility index (Phi) is 51.6. The summed E-state index contributed by atoms with van der Waals surface area (Å²) in [6.45, 7) is 4.00. The van der Waals surface area contributed by atoms with Crippen molar-refractivity contribution in [2.75, 3.05) is 0 Å². The SMILES string of the molecule is C[CH]C.OCl. The van der Waals surface area contributed by atoms with Crippen LogP contribution >= 0.6 is 11.9 Å². The Morgan fingerprint density at radius 1 is 1.40 bits per heavy atom. The van der Waals surface area contributed by atoms with E-state index in [2.05, 4.69) is 11.9 Å². The second-order valence-corrected chi connectivity index (χ2v) is 0.577. The van der Waals surface area contributed by atoms with Crippen LogP contribution in [-0.2, 0) is 0 Å². The molecular weight excluding hydrogens is 87.5 g/mol. The Hall–Kier alpha value is 0.250. The summed E-state index contributed by atoms with van der Waals surface area (Å²) in [6, 6.07) is 0. The highest BCUT2D eigenvalue weighted by Crippen LogP contribution is 1.53. The van der Waals surface area contributed by atoms with E-state index >= 15 is 0 Å². The highest BCUT2D eigenvalue weighted by molar-refractivity contribution is 6.04. The van der Waals surface area contributed by atoms with Gasteiger partial charge in [0.1, 0.15) is 0 Å². The van der Waals surface area contributed by atoms with Crippen LogP contribution in [0.1, 0.15) is 13.8 Å². The summed E-state index contributed by atoms with van der Waals surface area (Å²) in [4.78, 5) is 0. The molecule has 0 aromatic rings. The summed E-state index contributed by atoms with van der Waals surface area (Å²) in [5.41, 5.74) is 0. The van der Waals surface area contributed by atoms with E-state index < -0.39 is 0 Å². The molecule has 0 atom stereocenters. The van der Waals surface area contributed by atoms with E-state index in [1.54, 1.807) is 0 Å². The van der Waals surface area contributed by atoms with E-state index in [-0.39, 0.29) is 0 Å². The Bertz CT molecular complexity index is 6.85. The first kappa shape index (κ1) is 8.98. The van der Waals surface area contributed by atoms with Gasteiger partial charge in [-0.1, -0.05) is 13.8 Å². The molecule has 0 aromatic carbocycles. The van der Waals surface area contributed by atoms with Gasteiger partial charge in [0.15, 0.2) is 0 Å². The van der Waals surface area contributed by atoms with Crippen molar-refractivity contribution < 1.29 is 4.66 Å². The predicted octanol–water partition coefficient (Wildman–Crippen LogP) is 1.36. The van der Waals surface area contributed by atoms with E-state index in [9.17, 15) is 0 Å². The Balaban J connectivity index is 0. The van der Waals surface area contributed by atoms with Crippen molar-refractivity contribution in [2.24, 2.45) is 0 Å². The first-order chi connectivity index (χ1) is 2.41. The van der Waals surface area contributed by atoms with Gasteiger partial charge < -0.3 is 0 Å². The molecule has 0 amide bonds. The second kappa shape index (κ2) is 28.7. The van der Waals surface area contributed by atoms with Crippen LogP contribution < -0.4 is 0 Å². The van der Waals surface area contributed by atoms with E-state index in [0.717, 1.165) is 0 Å². The maximum absolute atomic E-state index is 6.47. The van der Waals surface area contributed by atoms with E-state index in [4.69, 9.17) is 4.66 Å². The lowest BCUT2D eigenvalue weighted by molar-refractivity contribution is 0.632. The molecule has 0 rings (SSSR count). The lowest BCUT2D eigenvalue weighted by Gasteiger charge is -1.47. The molecule has 1 N–H and O–H groups in total. The van der Waals surface area contributed by atoms with Crippen molar-refractivity contribution in [2.45, 2.75) is 13.8 Å². The standard InChI is InChI=1S/C3H7.ClHO/c1-3-2;1-2/h3H,1-2H3;2H. The molecule has 33 valence electrons. The molecule has 0 aliphatic carbocycles. The zero-order valence-electron chi connectivity index (χ0n) is 3.40. The van der Waals surface area contributed by atoms with Gasteiger partial charge >= 0.3 is 0 Å². The molecule has 1 nitrogen and oxygen atoms in total. The van der Waals surface area contributed by atoms with Gasteiger partial charge in [0, 0.05) is 0 Å². The summed E-state index contributed by atoms with van der Waals surface area (Å²) >= 11 is 3.64. The van der Waals surface area contributed by atoms with Gasteiger partial charge in [0.05, 0.1) is 11.9 Å². The van der Waals surface area contributed by atoms with E-state index in [0.29, 0.717) is 0 Å². The van der Waals surface area contributed by atoms with Crippen LogP contribution in [-0.4, -0.2) is 4.66 Å². The van der Waals surface area contributed by atoms with Crippen LogP contribution in [0.4, 0.5) is 0 Å². The Morgan fingerprint density at radius 2 is 1.40 bits per heavy atom. The smallest absolute Gasteiger partial charge is 0.0579 e. The lowest BCUT2D eigenvalue weighted by Crippen LogP contribution is -1.30. The normalized spacial score (nSPS) is 4.80. The molecule has 2 heteroatoms. The number of rotatable bonds is 0. The zero-order chi connectivity index (χ0) is 4.71. The molecule has 0 heterocycles. The van der Waals surface area contributed by atoms with Crippen molar-refractivity contribution in [1.29, 1.82) is 0 Å².